The van der Waals surface area contributed by atoms with Gasteiger partial charge in [-0.1, -0.05) is 19.2 Å². The summed E-state index contributed by atoms with van der Waals surface area (Å²) in [5.41, 5.74) is 0.624. The van der Waals surface area contributed by atoms with Gasteiger partial charge in [-0.3, -0.25) is 19.7 Å². The second-order valence-corrected chi connectivity index (χ2v) is 8.05. The van der Waals surface area contributed by atoms with Crippen LogP contribution < -0.4 is 15.4 Å². The monoisotopic (exact) mass is 537 g/mol. The van der Waals surface area contributed by atoms with Crippen molar-refractivity contribution in [3.05, 3.63) is 83.5 Å². The van der Waals surface area contributed by atoms with Gasteiger partial charge in [-0.2, -0.15) is 10.2 Å². The molecule has 0 aliphatic carbocycles. The highest BCUT2D eigenvalue weighted by Gasteiger charge is 2.16. The van der Waals surface area contributed by atoms with Crippen molar-refractivity contribution in [1.29, 1.82) is 0 Å². The lowest BCUT2D eigenvalue weighted by Crippen LogP contribution is -2.22. The van der Waals surface area contributed by atoms with Gasteiger partial charge in [0.2, 0.25) is 11.8 Å². The standard InChI is InChI=1S/C27H31N5O7/c1-3-25(33)28-14-5-7-16-38-24-13-12-21(31-30-20-10-9-11-22(18-20)32(36)37)19-23(24)27(35)39-17-8-6-15-29-26(34)4-2/h3-4,9-13,18-19H,1-2,5-8,14-17H2,(H,28,33)(H,29,34). The number of ether oxygens (including phenoxy) is 2. The zero-order valence-electron chi connectivity index (χ0n) is 21.5. The van der Waals surface area contributed by atoms with E-state index in [0.717, 1.165) is 0 Å². The quantitative estimate of drug-likeness (QED) is 0.0737. The molecule has 0 aliphatic rings. The molecule has 2 aromatic carbocycles. The highest BCUT2D eigenvalue weighted by molar-refractivity contribution is 5.93. The van der Waals surface area contributed by atoms with Crippen LogP contribution in [0.4, 0.5) is 17.1 Å². The Morgan fingerprint density at radius 3 is 2.10 bits per heavy atom. The molecule has 12 nitrogen and oxygen atoms in total. The number of hydrogen-bond acceptors (Lipinski definition) is 9. The van der Waals surface area contributed by atoms with Crippen LogP contribution in [0.5, 0.6) is 5.75 Å². The van der Waals surface area contributed by atoms with Crippen LogP contribution in [0.2, 0.25) is 0 Å². The summed E-state index contributed by atoms with van der Waals surface area (Å²) < 4.78 is 11.2. The molecular formula is C27H31N5O7. The van der Waals surface area contributed by atoms with E-state index >= 15 is 0 Å². The number of non-ortho nitro benzene ring substituents is 1. The molecule has 0 aromatic heterocycles. The van der Waals surface area contributed by atoms with Gasteiger partial charge in [-0.25, -0.2) is 4.79 Å². The van der Waals surface area contributed by atoms with Crippen molar-refractivity contribution in [3.8, 4) is 5.75 Å². The number of carbonyl (C=O) groups is 3. The van der Waals surface area contributed by atoms with Gasteiger partial charge in [0, 0.05) is 25.2 Å². The predicted molar refractivity (Wildman–Crippen MR) is 144 cm³/mol. The second-order valence-electron chi connectivity index (χ2n) is 8.05. The summed E-state index contributed by atoms with van der Waals surface area (Å²) >= 11 is 0. The lowest BCUT2D eigenvalue weighted by Gasteiger charge is -2.12. The summed E-state index contributed by atoms with van der Waals surface area (Å²) in [6.07, 6.45) is 4.80. The van der Waals surface area contributed by atoms with Gasteiger partial charge < -0.3 is 20.1 Å². The maximum atomic E-state index is 12.9. The van der Waals surface area contributed by atoms with E-state index in [4.69, 9.17) is 9.47 Å². The normalized spacial score (nSPS) is 10.5. The Morgan fingerprint density at radius 1 is 0.872 bits per heavy atom. The first-order chi connectivity index (χ1) is 18.8. The molecule has 0 radical (unpaired) electrons. The molecule has 39 heavy (non-hydrogen) atoms. The number of nitrogens with zero attached hydrogens (tertiary/aromatic N) is 3. The van der Waals surface area contributed by atoms with Crippen LogP contribution in [0, 0.1) is 10.1 Å². The lowest BCUT2D eigenvalue weighted by molar-refractivity contribution is -0.384. The summed E-state index contributed by atoms with van der Waals surface area (Å²) in [5, 5.41) is 24.4. The first kappa shape index (κ1) is 30.4. The third-order valence-electron chi connectivity index (χ3n) is 5.11. The number of amides is 2. The predicted octanol–water partition coefficient (Wildman–Crippen LogP) is 4.71. The molecule has 0 spiro atoms. The van der Waals surface area contributed by atoms with Crippen molar-refractivity contribution in [2.75, 3.05) is 26.3 Å². The Hall–Kier alpha value is -4.87. The summed E-state index contributed by atoms with van der Waals surface area (Å²) in [4.78, 5) is 45.7. The topological polar surface area (TPSA) is 162 Å². The molecular weight excluding hydrogens is 506 g/mol. The Balaban J connectivity index is 2.05. The van der Waals surface area contributed by atoms with Crippen LogP contribution in [0.25, 0.3) is 0 Å². The van der Waals surface area contributed by atoms with E-state index in [9.17, 15) is 24.5 Å². The number of benzene rings is 2. The lowest BCUT2D eigenvalue weighted by atomic mass is 10.1. The van der Waals surface area contributed by atoms with Gasteiger partial charge in [0.25, 0.3) is 5.69 Å². The van der Waals surface area contributed by atoms with E-state index in [-0.39, 0.29) is 35.4 Å². The third-order valence-corrected chi connectivity index (χ3v) is 5.11. The summed E-state index contributed by atoms with van der Waals surface area (Å²) in [7, 11) is 0. The van der Waals surface area contributed by atoms with E-state index < -0.39 is 10.9 Å². The zero-order chi connectivity index (χ0) is 28.5. The molecule has 0 atom stereocenters. The molecule has 0 saturated carbocycles. The first-order valence-electron chi connectivity index (χ1n) is 12.2. The number of nitro groups is 1. The number of nitro benzene ring substituents is 1. The maximum absolute atomic E-state index is 12.9. The minimum atomic E-state index is -0.620. The molecule has 0 unspecified atom stereocenters. The first-order valence-corrected chi connectivity index (χ1v) is 12.2. The summed E-state index contributed by atoms with van der Waals surface area (Å²) in [6, 6.07) is 10.3. The Kier molecular flexibility index (Phi) is 13.1. The molecule has 0 heterocycles. The van der Waals surface area contributed by atoms with E-state index in [1.165, 1.54) is 36.4 Å². The van der Waals surface area contributed by atoms with Crippen LogP contribution in [-0.4, -0.2) is 49.0 Å². The Morgan fingerprint density at radius 2 is 1.49 bits per heavy atom. The van der Waals surface area contributed by atoms with Crippen LogP contribution in [0.1, 0.15) is 36.0 Å². The number of unbranched alkanes of at least 4 members (excludes halogenated alkanes) is 2. The molecule has 2 amide bonds. The van der Waals surface area contributed by atoms with E-state index in [1.54, 1.807) is 18.2 Å². The van der Waals surface area contributed by atoms with Crippen molar-refractivity contribution in [1.82, 2.24) is 10.6 Å². The Bertz CT molecular complexity index is 1210. The van der Waals surface area contributed by atoms with Crippen molar-refractivity contribution in [2.45, 2.75) is 25.7 Å². The SMILES string of the molecule is C=CC(=O)NCCCCOC(=O)c1cc(N=Nc2cccc([N+](=O)[O-])c2)ccc1OCCCCNC(=O)C=C. The minimum Gasteiger partial charge on any atom is -0.493 e. The fourth-order valence-corrected chi connectivity index (χ4v) is 3.10. The molecule has 0 saturated heterocycles. The van der Waals surface area contributed by atoms with Crippen LogP contribution in [0.3, 0.4) is 0 Å². The number of azo groups is 1. The van der Waals surface area contributed by atoms with Gasteiger partial charge in [0.1, 0.15) is 11.3 Å². The molecule has 0 fully saturated rings. The number of nitrogens with one attached hydrogen (secondary N) is 2. The van der Waals surface area contributed by atoms with Gasteiger partial charge in [0.15, 0.2) is 0 Å². The van der Waals surface area contributed by atoms with Crippen LogP contribution in [-0.2, 0) is 14.3 Å². The van der Waals surface area contributed by atoms with Crippen LogP contribution in [0.15, 0.2) is 78.0 Å². The average molecular weight is 538 g/mol. The van der Waals surface area contributed by atoms with E-state index in [1.807, 2.05) is 0 Å². The van der Waals surface area contributed by atoms with Crippen molar-refractivity contribution >= 4 is 34.8 Å². The van der Waals surface area contributed by atoms with Gasteiger partial charge >= 0.3 is 5.97 Å². The number of esters is 1. The molecule has 0 bridgehead atoms. The van der Waals surface area contributed by atoms with Crippen LogP contribution >= 0.6 is 0 Å². The van der Waals surface area contributed by atoms with E-state index in [0.29, 0.717) is 56.8 Å². The molecule has 12 heteroatoms. The Labute approximate surface area is 225 Å². The fourth-order valence-electron chi connectivity index (χ4n) is 3.10. The largest absolute Gasteiger partial charge is 0.493 e. The average Bonchev–Trinajstić information content (AvgIpc) is 2.95. The summed E-state index contributed by atoms with van der Waals surface area (Å²) in [6.45, 7) is 8.09. The number of hydrogen-bond donors (Lipinski definition) is 2. The highest BCUT2D eigenvalue weighted by atomic mass is 16.6. The highest BCUT2D eigenvalue weighted by Crippen LogP contribution is 2.28. The van der Waals surface area contributed by atoms with Gasteiger partial charge in [0.05, 0.1) is 29.5 Å². The van der Waals surface area contributed by atoms with Crippen molar-refractivity contribution in [2.24, 2.45) is 10.2 Å². The van der Waals surface area contributed by atoms with Crippen molar-refractivity contribution < 1.29 is 28.8 Å². The molecule has 2 rings (SSSR count). The number of rotatable bonds is 17. The fraction of sp³-hybridized carbons (Fsp3) is 0.296. The molecule has 2 N–H and O–H groups in total. The molecule has 2 aromatic rings. The van der Waals surface area contributed by atoms with Gasteiger partial charge in [-0.05, 0) is 62.1 Å². The molecule has 206 valence electrons. The number of carbonyl (C=O) groups excluding carboxylic acids is 3. The smallest absolute Gasteiger partial charge is 0.341 e. The van der Waals surface area contributed by atoms with Crippen molar-refractivity contribution in [3.63, 3.8) is 0 Å². The summed E-state index contributed by atoms with van der Waals surface area (Å²) in [5.74, 6) is -0.847. The van der Waals surface area contributed by atoms with Gasteiger partial charge in [-0.15, -0.1) is 0 Å². The maximum Gasteiger partial charge on any atom is 0.341 e. The third kappa shape index (κ3) is 11.4. The zero-order valence-corrected chi connectivity index (χ0v) is 21.5. The minimum absolute atomic E-state index is 0.118. The van der Waals surface area contributed by atoms with E-state index in [2.05, 4.69) is 34.0 Å². The second kappa shape index (κ2) is 16.8. The molecule has 0 aliphatic heterocycles.